The predicted molar refractivity (Wildman–Crippen MR) is 111 cm³/mol. The van der Waals surface area contributed by atoms with Gasteiger partial charge in [0.15, 0.2) is 5.96 Å². The maximum Gasteiger partial charge on any atom is 0.225 e. The van der Waals surface area contributed by atoms with E-state index in [1.165, 1.54) is 11.3 Å². The fourth-order valence-electron chi connectivity index (χ4n) is 2.45. The van der Waals surface area contributed by atoms with E-state index in [0.717, 1.165) is 25.6 Å². The van der Waals surface area contributed by atoms with Crippen molar-refractivity contribution in [1.29, 1.82) is 0 Å². The second kappa shape index (κ2) is 10.7. The Morgan fingerprint density at radius 3 is 2.35 bits per heavy atom. The van der Waals surface area contributed by atoms with E-state index in [1.54, 1.807) is 7.05 Å². The van der Waals surface area contributed by atoms with Crippen molar-refractivity contribution in [3.05, 3.63) is 29.8 Å². The average Bonchev–Trinajstić information content (AvgIpc) is 2.59. The van der Waals surface area contributed by atoms with Crippen LogP contribution >= 0.6 is 0 Å². The monoisotopic (exact) mass is 361 g/mol. The van der Waals surface area contributed by atoms with Crippen LogP contribution < -0.4 is 20.9 Å². The Morgan fingerprint density at radius 2 is 1.77 bits per heavy atom. The van der Waals surface area contributed by atoms with E-state index >= 15 is 0 Å². The van der Waals surface area contributed by atoms with E-state index in [1.807, 2.05) is 20.8 Å². The summed E-state index contributed by atoms with van der Waals surface area (Å²) in [5.41, 5.74) is 2.14. The largest absolute Gasteiger partial charge is 0.370 e. The Morgan fingerprint density at radius 1 is 1.12 bits per heavy atom. The van der Waals surface area contributed by atoms with Gasteiger partial charge in [-0.15, -0.1) is 0 Å². The summed E-state index contributed by atoms with van der Waals surface area (Å²) in [4.78, 5) is 18.4. The predicted octanol–water partition coefficient (Wildman–Crippen LogP) is 2.15. The zero-order valence-corrected chi connectivity index (χ0v) is 17.1. The van der Waals surface area contributed by atoms with Gasteiger partial charge in [0, 0.05) is 50.9 Å². The van der Waals surface area contributed by atoms with Gasteiger partial charge in [0.25, 0.3) is 0 Å². The van der Waals surface area contributed by atoms with Crippen LogP contribution in [0.3, 0.4) is 0 Å². The maximum atomic E-state index is 11.8. The van der Waals surface area contributed by atoms with Crippen molar-refractivity contribution in [2.45, 2.75) is 34.6 Å². The minimum Gasteiger partial charge on any atom is -0.370 e. The zero-order chi connectivity index (χ0) is 19.6. The first-order valence-corrected chi connectivity index (χ1v) is 9.32. The topological polar surface area (TPSA) is 68.8 Å². The Kier molecular flexibility index (Phi) is 8.96. The molecule has 0 aliphatic rings. The van der Waals surface area contributed by atoms with Crippen LogP contribution in [0.4, 0.5) is 5.69 Å². The highest BCUT2D eigenvalue weighted by Gasteiger charge is 2.20. The maximum absolute atomic E-state index is 11.8. The smallest absolute Gasteiger partial charge is 0.225 e. The molecule has 0 radical (unpaired) electrons. The van der Waals surface area contributed by atoms with E-state index in [2.05, 4.69) is 64.0 Å². The zero-order valence-electron chi connectivity index (χ0n) is 17.1. The molecule has 1 aromatic rings. The minimum atomic E-state index is -0.362. The molecular weight excluding hydrogens is 326 g/mol. The molecule has 0 aliphatic carbocycles. The van der Waals surface area contributed by atoms with Gasteiger partial charge < -0.3 is 20.9 Å². The third-order valence-corrected chi connectivity index (χ3v) is 4.03. The number of nitrogens with one attached hydrogen (secondary N) is 3. The molecule has 0 aromatic heterocycles. The number of carbonyl (C=O) groups excluding carboxylic acids is 1. The van der Waals surface area contributed by atoms with E-state index < -0.39 is 0 Å². The highest BCUT2D eigenvalue weighted by molar-refractivity contribution is 5.81. The molecule has 0 aliphatic heterocycles. The van der Waals surface area contributed by atoms with Crippen LogP contribution in [0.25, 0.3) is 0 Å². The quantitative estimate of drug-likeness (QED) is 0.377. The van der Waals surface area contributed by atoms with Crippen molar-refractivity contribution in [2.75, 3.05) is 44.7 Å². The molecule has 3 N–H and O–H groups in total. The lowest BCUT2D eigenvalue weighted by Crippen LogP contribution is -2.45. The number of guanidine groups is 1. The van der Waals surface area contributed by atoms with Gasteiger partial charge >= 0.3 is 0 Å². The van der Waals surface area contributed by atoms with Crippen LogP contribution in [0.1, 0.15) is 33.3 Å². The van der Waals surface area contributed by atoms with Gasteiger partial charge in [0.05, 0.1) is 0 Å². The van der Waals surface area contributed by atoms with Gasteiger partial charge in [-0.1, -0.05) is 32.9 Å². The van der Waals surface area contributed by atoms with E-state index in [0.29, 0.717) is 13.1 Å². The van der Waals surface area contributed by atoms with Crippen molar-refractivity contribution >= 4 is 17.6 Å². The van der Waals surface area contributed by atoms with Crippen molar-refractivity contribution < 1.29 is 4.79 Å². The van der Waals surface area contributed by atoms with Crippen LogP contribution in [0.5, 0.6) is 0 Å². The van der Waals surface area contributed by atoms with Crippen LogP contribution in [0.2, 0.25) is 0 Å². The number of likely N-dealkylation sites (N-methyl/N-ethyl adjacent to an activating group) is 1. The van der Waals surface area contributed by atoms with Crippen molar-refractivity contribution in [3.8, 4) is 0 Å². The minimum absolute atomic E-state index is 0.0546. The molecule has 0 heterocycles. The number of aliphatic imine (C=N–C) groups is 1. The summed E-state index contributed by atoms with van der Waals surface area (Å²) in [5, 5.41) is 9.46. The van der Waals surface area contributed by atoms with Gasteiger partial charge in [-0.25, -0.2) is 0 Å². The molecule has 0 saturated heterocycles. The van der Waals surface area contributed by atoms with E-state index in [-0.39, 0.29) is 11.3 Å². The van der Waals surface area contributed by atoms with Crippen molar-refractivity contribution in [2.24, 2.45) is 10.4 Å². The first-order valence-electron chi connectivity index (χ1n) is 9.32. The number of hydrogen-bond acceptors (Lipinski definition) is 3. The van der Waals surface area contributed by atoms with E-state index in [9.17, 15) is 4.79 Å². The lowest BCUT2D eigenvalue weighted by Gasteiger charge is -2.24. The standard InChI is InChI=1S/C20H35N5O/c1-7-25(17-10-8-9-16(2)15-17)14-13-24-19(21-6)23-12-11-22-18(26)20(3,4)5/h8-10,15H,7,11-14H2,1-6H3,(H,22,26)(H2,21,23,24). The van der Waals surface area contributed by atoms with Crippen LogP contribution in [-0.2, 0) is 4.79 Å². The first kappa shape index (κ1) is 21.8. The molecule has 0 fully saturated rings. The number of amides is 1. The highest BCUT2D eigenvalue weighted by Crippen LogP contribution is 2.15. The van der Waals surface area contributed by atoms with Gasteiger partial charge in [0.2, 0.25) is 5.91 Å². The molecule has 6 nitrogen and oxygen atoms in total. The lowest BCUT2D eigenvalue weighted by molar-refractivity contribution is -0.128. The lowest BCUT2D eigenvalue weighted by atomic mass is 9.96. The summed E-state index contributed by atoms with van der Waals surface area (Å²) < 4.78 is 0. The Balaban J connectivity index is 2.34. The molecule has 0 saturated carbocycles. The SMILES string of the molecule is CCN(CCNC(=NC)NCCNC(=O)C(C)(C)C)c1cccc(C)c1. The van der Waals surface area contributed by atoms with Gasteiger partial charge in [-0.3, -0.25) is 9.79 Å². The Hall–Kier alpha value is -2.24. The summed E-state index contributed by atoms with van der Waals surface area (Å²) in [5.74, 6) is 0.800. The summed E-state index contributed by atoms with van der Waals surface area (Å²) in [6.45, 7) is 13.8. The van der Waals surface area contributed by atoms with Gasteiger partial charge in [-0.05, 0) is 31.5 Å². The molecule has 1 amide bonds. The molecule has 146 valence electrons. The summed E-state index contributed by atoms with van der Waals surface area (Å²) in [7, 11) is 1.75. The Bertz CT molecular complexity index is 592. The number of carbonyl (C=O) groups is 1. The molecule has 1 aromatic carbocycles. The van der Waals surface area contributed by atoms with E-state index in [4.69, 9.17) is 0 Å². The molecule has 1 rings (SSSR count). The molecule has 6 heteroatoms. The average molecular weight is 362 g/mol. The third-order valence-electron chi connectivity index (χ3n) is 4.03. The first-order chi connectivity index (χ1) is 12.3. The number of aryl methyl sites for hydroxylation is 1. The van der Waals surface area contributed by atoms with Gasteiger partial charge in [-0.2, -0.15) is 0 Å². The third kappa shape index (κ3) is 7.76. The van der Waals surface area contributed by atoms with Crippen LogP contribution in [0, 0.1) is 12.3 Å². The molecule has 0 unspecified atom stereocenters. The molecule has 0 bridgehead atoms. The number of rotatable bonds is 8. The number of anilines is 1. The molecule has 0 atom stereocenters. The number of nitrogens with zero attached hydrogens (tertiary/aromatic N) is 2. The van der Waals surface area contributed by atoms with Crippen molar-refractivity contribution in [1.82, 2.24) is 16.0 Å². The fraction of sp³-hybridized carbons (Fsp3) is 0.600. The number of benzene rings is 1. The molecule has 0 spiro atoms. The fourth-order valence-corrected chi connectivity index (χ4v) is 2.45. The summed E-state index contributed by atoms with van der Waals surface area (Å²) in [6, 6.07) is 8.54. The van der Waals surface area contributed by atoms with Crippen LogP contribution in [-0.4, -0.2) is 51.6 Å². The van der Waals surface area contributed by atoms with Crippen LogP contribution in [0.15, 0.2) is 29.3 Å². The normalized spacial score (nSPS) is 11.8. The highest BCUT2D eigenvalue weighted by atomic mass is 16.2. The second-order valence-corrected chi connectivity index (χ2v) is 7.35. The number of hydrogen-bond donors (Lipinski definition) is 3. The summed E-state index contributed by atoms with van der Waals surface area (Å²) >= 11 is 0. The summed E-state index contributed by atoms with van der Waals surface area (Å²) in [6.07, 6.45) is 0. The molecular formula is C20H35N5O. The Labute approximate surface area is 158 Å². The molecule has 26 heavy (non-hydrogen) atoms. The van der Waals surface area contributed by atoms with Crippen molar-refractivity contribution in [3.63, 3.8) is 0 Å². The van der Waals surface area contributed by atoms with Gasteiger partial charge in [0.1, 0.15) is 0 Å². The second-order valence-electron chi connectivity index (χ2n) is 7.35.